The summed E-state index contributed by atoms with van der Waals surface area (Å²) in [7, 11) is 0. The van der Waals surface area contributed by atoms with Crippen LogP contribution in [0.15, 0.2) is 15.7 Å². The van der Waals surface area contributed by atoms with Crippen LogP contribution >= 0.6 is 0 Å². The standard InChI is InChI=1S/C5H6N4O/c1-4-2-7-5(10-4)3-8-9-6/h2H,3H2,1H3. The van der Waals surface area contributed by atoms with Gasteiger partial charge in [-0.25, -0.2) is 4.98 Å². The van der Waals surface area contributed by atoms with E-state index in [9.17, 15) is 0 Å². The Morgan fingerprint density at radius 1 is 1.90 bits per heavy atom. The zero-order chi connectivity index (χ0) is 7.40. The highest BCUT2D eigenvalue weighted by atomic mass is 16.4. The van der Waals surface area contributed by atoms with Crippen LogP contribution < -0.4 is 0 Å². The maximum absolute atomic E-state index is 7.92. The lowest BCUT2D eigenvalue weighted by atomic mass is 10.6. The van der Waals surface area contributed by atoms with Crippen LogP contribution in [-0.2, 0) is 6.54 Å². The summed E-state index contributed by atoms with van der Waals surface area (Å²) in [4.78, 5) is 6.39. The molecule has 0 aliphatic rings. The molecule has 1 heterocycles. The smallest absolute Gasteiger partial charge is 0.200 e. The minimum atomic E-state index is 0.185. The summed E-state index contributed by atoms with van der Waals surface area (Å²) in [6, 6.07) is 0. The van der Waals surface area contributed by atoms with E-state index in [-0.39, 0.29) is 6.54 Å². The fourth-order valence-electron chi connectivity index (χ4n) is 0.567. The lowest BCUT2D eigenvalue weighted by molar-refractivity contribution is 0.473. The van der Waals surface area contributed by atoms with Gasteiger partial charge in [-0.05, 0) is 12.5 Å². The zero-order valence-electron chi connectivity index (χ0n) is 5.48. The number of aryl methyl sites for hydroxylation is 1. The number of oxazole rings is 1. The first kappa shape index (κ1) is 6.64. The second kappa shape index (κ2) is 2.89. The van der Waals surface area contributed by atoms with Crippen molar-refractivity contribution in [3.63, 3.8) is 0 Å². The Morgan fingerprint density at radius 2 is 2.70 bits per heavy atom. The van der Waals surface area contributed by atoms with Crippen LogP contribution in [0.25, 0.3) is 10.4 Å². The highest BCUT2D eigenvalue weighted by molar-refractivity contribution is 4.90. The van der Waals surface area contributed by atoms with Crippen LogP contribution in [0.3, 0.4) is 0 Å². The van der Waals surface area contributed by atoms with Crippen molar-refractivity contribution in [1.29, 1.82) is 0 Å². The van der Waals surface area contributed by atoms with Crippen molar-refractivity contribution in [1.82, 2.24) is 4.98 Å². The summed E-state index contributed by atoms with van der Waals surface area (Å²) in [6.45, 7) is 1.97. The van der Waals surface area contributed by atoms with Gasteiger partial charge in [0.2, 0.25) is 0 Å². The van der Waals surface area contributed by atoms with E-state index in [0.29, 0.717) is 5.89 Å². The van der Waals surface area contributed by atoms with Gasteiger partial charge >= 0.3 is 0 Å². The quantitative estimate of drug-likeness (QED) is 0.355. The van der Waals surface area contributed by atoms with Crippen LogP contribution in [0.5, 0.6) is 0 Å². The first-order valence-corrected chi connectivity index (χ1v) is 2.75. The fourth-order valence-corrected chi connectivity index (χ4v) is 0.567. The predicted octanol–water partition coefficient (Wildman–Crippen LogP) is 1.79. The molecule has 0 aliphatic carbocycles. The van der Waals surface area contributed by atoms with Gasteiger partial charge in [-0.15, -0.1) is 0 Å². The fraction of sp³-hybridized carbons (Fsp3) is 0.400. The Kier molecular flexibility index (Phi) is 1.92. The molecule has 0 fully saturated rings. The van der Waals surface area contributed by atoms with Gasteiger partial charge in [-0.2, -0.15) is 0 Å². The minimum absolute atomic E-state index is 0.185. The number of azide groups is 1. The van der Waals surface area contributed by atoms with Crippen LogP contribution in [-0.4, -0.2) is 4.98 Å². The molecule has 0 aromatic carbocycles. The average Bonchev–Trinajstić information content (AvgIpc) is 2.31. The predicted molar refractivity (Wildman–Crippen MR) is 34.1 cm³/mol. The van der Waals surface area contributed by atoms with Crippen LogP contribution in [0.1, 0.15) is 11.7 Å². The summed E-state index contributed by atoms with van der Waals surface area (Å²) in [6.07, 6.45) is 1.59. The molecule has 0 saturated heterocycles. The summed E-state index contributed by atoms with van der Waals surface area (Å²) < 4.78 is 5.01. The molecule has 1 aromatic heterocycles. The Bertz CT molecular complexity index is 260. The largest absolute Gasteiger partial charge is 0.446 e. The van der Waals surface area contributed by atoms with Gasteiger partial charge in [-0.3, -0.25) is 0 Å². The van der Waals surface area contributed by atoms with Crippen molar-refractivity contribution in [2.45, 2.75) is 13.5 Å². The summed E-state index contributed by atoms with van der Waals surface area (Å²) in [5.41, 5.74) is 7.92. The van der Waals surface area contributed by atoms with Crippen LogP contribution in [0.4, 0.5) is 0 Å². The van der Waals surface area contributed by atoms with E-state index < -0.39 is 0 Å². The molecule has 0 bridgehead atoms. The lowest BCUT2D eigenvalue weighted by Crippen LogP contribution is -1.75. The van der Waals surface area contributed by atoms with Crippen molar-refractivity contribution < 1.29 is 4.42 Å². The van der Waals surface area contributed by atoms with Gasteiger partial charge in [0.1, 0.15) is 12.3 Å². The van der Waals surface area contributed by atoms with Gasteiger partial charge in [0, 0.05) is 4.91 Å². The van der Waals surface area contributed by atoms with Crippen molar-refractivity contribution >= 4 is 0 Å². The molecule has 52 valence electrons. The highest BCUT2D eigenvalue weighted by Crippen LogP contribution is 2.01. The van der Waals surface area contributed by atoms with Crippen molar-refractivity contribution in [3.8, 4) is 0 Å². The Labute approximate surface area is 57.3 Å². The molecule has 0 amide bonds. The summed E-state index contributed by atoms with van der Waals surface area (Å²) >= 11 is 0. The number of hydrogen-bond acceptors (Lipinski definition) is 3. The second-order valence-corrected chi connectivity index (χ2v) is 1.75. The van der Waals surface area contributed by atoms with Crippen molar-refractivity contribution in [2.24, 2.45) is 5.11 Å². The first-order chi connectivity index (χ1) is 4.83. The maximum atomic E-state index is 7.92. The second-order valence-electron chi connectivity index (χ2n) is 1.75. The molecule has 1 aromatic rings. The molecule has 0 unspecified atom stereocenters. The molecule has 5 nitrogen and oxygen atoms in total. The third kappa shape index (κ3) is 1.50. The Balaban J connectivity index is 2.66. The molecule has 0 radical (unpaired) electrons. The molecule has 0 atom stereocenters. The average molecular weight is 138 g/mol. The van der Waals surface area contributed by atoms with E-state index in [0.717, 1.165) is 5.76 Å². The molecule has 5 heteroatoms. The molecule has 0 saturated carbocycles. The van der Waals surface area contributed by atoms with Gasteiger partial charge in [-0.1, -0.05) is 5.11 Å². The van der Waals surface area contributed by atoms with Crippen LogP contribution in [0, 0.1) is 6.92 Å². The highest BCUT2D eigenvalue weighted by Gasteiger charge is 1.95. The van der Waals surface area contributed by atoms with Gasteiger partial charge in [0.15, 0.2) is 5.89 Å². The molecular formula is C5H6N4O. The normalized spacial score (nSPS) is 8.90. The van der Waals surface area contributed by atoms with E-state index in [1.54, 1.807) is 13.1 Å². The molecule has 0 N–H and O–H groups in total. The van der Waals surface area contributed by atoms with Crippen LogP contribution in [0.2, 0.25) is 0 Å². The monoisotopic (exact) mass is 138 g/mol. The maximum Gasteiger partial charge on any atom is 0.200 e. The van der Waals surface area contributed by atoms with Crippen molar-refractivity contribution in [2.75, 3.05) is 0 Å². The first-order valence-electron chi connectivity index (χ1n) is 2.75. The molecule has 1 rings (SSSR count). The van der Waals surface area contributed by atoms with E-state index in [1.807, 2.05) is 0 Å². The molecule has 0 aliphatic heterocycles. The number of aromatic nitrogens is 1. The SMILES string of the molecule is Cc1cnc(CN=[N+]=[N-])o1. The molecule has 0 spiro atoms. The summed E-state index contributed by atoms with van der Waals surface area (Å²) in [5, 5.41) is 3.28. The van der Waals surface area contributed by atoms with E-state index in [4.69, 9.17) is 9.95 Å². The lowest BCUT2D eigenvalue weighted by Gasteiger charge is -1.81. The third-order valence-corrected chi connectivity index (χ3v) is 0.938. The number of rotatable bonds is 2. The third-order valence-electron chi connectivity index (χ3n) is 0.938. The van der Waals surface area contributed by atoms with Crippen molar-refractivity contribution in [3.05, 3.63) is 28.3 Å². The number of nitrogens with zero attached hydrogens (tertiary/aromatic N) is 4. The van der Waals surface area contributed by atoms with E-state index >= 15 is 0 Å². The van der Waals surface area contributed by atoms with Gasteiger partial charge in [0.05, 0.1) is 6.20 Å². The Hall–Kier alpha value is -1.48. The molecule has 10 heavy (non-hydrogen) atoms. The van der Waals surface area contributed by atoms with E-state index in [2.05, 4.69) is 15.0 Å². The van der Waals surface area contributed by atoms with Gasteiger partial charge in [0.25, 0.3) is 0 Å². The number of hydrogen-bond donors (Lipinski definition) is 0. The molecular weight excluding hydrogens is 132 g/mol. The minimum Gasteiger partial charge on any atom is -0.446 e. The van der Waals surface area contributed by atoms with Gasteiger partial charge < -0.3 is 4.42 Å². The Morgan fingerprint density at radius 3 is 3.20 bits per heavy atom. The van der Waals surface area contributed by atoms with E-state index in [1.165, 1.54) is 0 Å². The summed E-state index contributed by atoms with van der Waals surface area (Å²) in [5.74, 6) is 1.18. The topological polar surface area (TPSA) is 74.8 Å². The zero-order valence-corrected chi connectivity index (χ0v) is 5.48.